The number of nitrogens with two attached hydrogens (primary N) is 1. The molecule has 1 aromatic carbocycles. The van der Waals surface area contributed by atoms with E-state index in [2.05, 4.69) is 4.72 Å². The Morgan fingerprint density at radius 2 is 2.00 bits per heavy atom. The van der Waals surface area contributed by atoms with Gasteiger partial charge < -0.3 is 10.5 Å². The third-order valence-electron chi connectivity index (χ3n) is 3.68. The predicted molar refractivity (Wildman–Crippen MR) is 82.6 cm³/mol. The second kappa shape index (κ2) is 7.89. The molecule has 5 nitrogen and oxygen atoms in total. The number of sulfonamides is 1. The fraction of sp³-hybridized carbons (Fsp3) is 0.600. The van der Waals surface area contributed by atoms with E-state index < -0.39 is 10.0 Å². The normalized spacial score (nSPS) is 19.6. The molecule has 1 unspecified atom stereocenters. The molecule has 0 spiro atoms. The lowest BCUT2D eigenvalue weighted by atomic mass is 10.1. The van der Waals surface area contributed by atoms with E-state index in [-0.39, 0.29) is 6.10 Å². The molecule has 2 rings (SSSR count). The average Bonchev–Trinajstić information content (AvgIpc) is 2.52. The molecular weight excluding hydrogens is 288 g/mol. The minimum absolute atomic E-state index is 0.00245. The zero-order valence-corrected chi connectivity index (χ0v) is 13.1. The van der Waals surface area contributed by atoms with Crippen LogP contribution >= 0.6 is 0 Å². The van der Waals surface area contributed by atoms with Gasteiger partial charge in [-0.3, -0.25) is 0 Å². The van der Waals surface area contributed by atoms with Gasteiger partial charge in [0.05, 0.1) is 11.0 Å². The largest absolute Gasteiger partial charge is 0.377 e. The zero-order chi connectivity index (χ0) is 15.1. The fourth-order valence-electron chi connectivity index (χ4n) is 2.40. The number of hydrogen-bond donors (Lipinski definition) is 2. The summed E-state index contributed by atoms with van der Waals surface area (Å²) in [6, 6.07) is 6.99. The van der Waals surface area contributed by atoms with Crippen LogP contribution in [0, 0.1) is 0 Å². The second-order valence-electron chi connectivity index (χ2n) is 5.38. The third-order valence-corrected chi connectivity index (χ3v) is 5.12. The zero-order valence-electron chi connectivity index (χ0n) is 12.3. The average molecular weight is 312 g/mol. The number of nitrogens with one attached hydrogen (secondary N) is 1. The summed E-state index contributed by atoms with van der Waals surface area (Å²) in [5, 5.41) is 0. The lowest BCUT2D eigenvalue weighted by molar-refractivity contribution is 0.0200. The molecule has 1 aliphatic heterocycles. The Kier molecular flexibility index (Phi) is 6.17. The first-order valence-electron chi connectivity index (χ1n) is 7.52. The summed E-state index contributed by atoms with van der Waals surface area (Å²) >= 11 is 0. The van der Waals surface area contributed by atoms with Crippen molar-refractivity contribution >= 4 is 10.0 Å². The molecule has 0 aliphatic carbocycles. The molecule has 6 heteroatoms. The van der Waals surface area contributed by atoms with Crippen molar-refractivity contribution in [2.24, 2.45) is 5.73 Å². The topological polar surface area (TPSA) is 81.4 Å². The molecule has 0 radical (unpaired) electrons. The molecule has 21 heavy (non-hydrogen) atoms. The van der Waals surface area contributed by atoms with Crippen molar-refractivity contribution < 1.29 is 13.2 Å². The third kappa shape index (κ3) is 5.07. The highest BCUT2D eigenvalue weighted by Crippen LogP contribution is 2.14. The van der Waals surface area contributed by atoms with Crippen LogP contribution in [0.25, 0.3) is 0 Å². The van der Waals surface area contributed by atoms with Gasteiger partial charge in [0.15, 0.2) is 0 Å². The molecule has 3 N–H and O–H groups in total. The Morgan fingerprint density at radius 3 is 2.62 bits per heavy atom. The molecule has 0 aromatic heterocycles. The van der Waals surface area contributed by atoms with Crippen LogP contribution in [-0.4, -0.2) is 34.2 Å². The molecule has 1 fully saturated rings. The Hall–Kier alpha value is -0.950. The molecular formula is C15H24N2O3S. The Morgan fingerprint density at radius 1 is 1.24 bits per heavy atom. The van der Waals surface area contributed by atoms with Crippen molar-refractivity contribution in [2.45, 2.75) is 43.1 Å². The van der Waals surface area contributed by atoms with Crippen LogP contribution in [0.3, 0.4) is 0 Å². The summed E-state index contributed by atoms with van der Waals surface area (Å²) in [5.41, 5.74) is 6.57. The van der Waals surface area contributed by atoms with E-state index in [0.717, 1.165) is 44.3 Å². The first-order chi connectivity index (χ1) is 10.1. The number of rotatable bonds is 7. The first-order valence-corrected chi connectivity index (χ1v) is 9.00. The van der Waals surface area contributed by atoms with Gasteiger partial charge in [0.2, 0.25) is 10.0 Å². The first kappa shape index (κ1) is 16.4. The summed E-state index contributed by atoms with van der Waals surface area (Å²) in [7, 11) is -3.45. The van der Waals surface area contributed by atoms with Gasteiger partial charge >= 0.3 is 0 Å². The van der Waals surface area contributed by atoms with Crippen molar-refractivity contribution in [1.29, 1.82) is 0 Å². The lowest BCUT2D eigenvalue weighted by Gasteiger charge is -2.22. The highest BCUT2D eigenvalue weighted by atomic mass is 32.2. The molecule has 0 amide bonds. The molecule has 1 aliphatic rings. The van der Waals surface area contributed by atoms with Gasteiger partial charge in [0.1, 0.15) is 0 Å². The van der Waals surface area contributed by atoms with E-state index in [1.54, 1.807) is 12.1 Å². The van der Waals surface area contributed by atoms with Gasteiger partial charge in [-0.05, 0) is 56.3 Å². The van der Waals surface area contributed by atoms with E-state index in [9.17, 15) is 8.42 Å². The summed E-state index contributed by atoms with van der Waals surface area (Å²) in [5.74, 6) is 0. The molecule has 118 valence electrons. The molecule has 1 aromatic rings. The molecule has 1 saturated heterocycles. The number of benzene rings is 1. The van der Waals surface area contributed by atoms with Crippen molar-refractivity contribution in [2.75, 3.05) is 19.7 Å². The standard InChI is InChI=1S/C15H24N2O3S/c16-10-3-4-13-6-8-15(9-7-13)21(18,19)17-12-14-5-1-2-11-20-14/h6-9,14,17H,1-5,10-12,16H2. The van der Waals surface area contributed by atoms with Crippen molar-refractivity contribution in [3.05, 3.63) is 29.8 Å². The van der Waals surface area contributed by atoms with Gasteiger partial charge in [0.25, 0.3) is 0 Å². The number of aryl methyl sites for hydroxylation is 1. The Bertz CT molecular complexity index is 522. The van der Waals surface area contributed by atoms with Crippen LogP contribution in [-0.2, 0) is 21.2 Å². The maximum absolute atomic E-state index is 12.2. The molecule has 0 saturated carbocycles. The van der Waals surface area contributed by atoms with Crippen molar-refractivity contribution in [1.82, 2.24) is 4.72 Å². The van der Waals surface area contributed by atoms with E-state index in [4.69, 9.17) is 10.5 Å². The van der Waals surface area contributed by atoms with Crippen molar-refractivity contribution in [3.8, 4) is 0 Å². The minimum Gasteiger partial charge on any atom is -0.377 e. The van der Waals surface area contributed by atoms with Crippen LogP contribution < -0.4 is 10.5 Å². The van der Waals surface area contributed by atoms with Gasteiger partial charge in [-0.15, -0.1) is 0 Å². The van der Waals surface area contributed by atoms with Crippen LogP contribution in [0.15, 0.2) is 29.2 Å². The molecule has 0 bridgehead atoms. The fourth-order valence-corrected chi connectivity index (χ4v) is 3.46. The molecule has 1 heterocycles. The van der Waals surface area contributed by atoms with E-state index >= 15 is 0 Å². The van der Waals surface area contributed by atoms with Crippen LogP contribution in [0.4, 0.5) is 0 Å². The summed E-state index contributed by atoms with van der Waals surface area (Å²) < 4.78 is 32.6. The van der Waals surface area contributed by atoms with Crippen LogP contribution in [0.1, 0.15) is 31.2 Å². The minimum atomic E-state index is -3.45. The Labute approximate surface area is 126 Å². The maximum atomic E-state index is 12.2. The monoisotopic (exact) mass is 312 g/mol. The van der Waals surface area contributed by atoms with Gasteiger partial charge in [-0.25, -0.2) is 13.1 Å². The smallest absolute Gasteiger partial charge is 0.240 e. The van der Waals surface area contributed by atoms with Gasteiger partial charge in [-0.2, -0.15) is 0 Å². The number of hydrogen-bond acceptors (Lipinski definition) is 4. The van der Waals surface area contributed by atoms with E-state index in [1.807, 2.05) is 12.1 Å². The van der Waals surface area contributed by atoms with Gasteiger partial charge in [-0.1, -0.05) is 12.1 Å². The quantitative estimate of drug-likeness (QED) is 0.798. The van der Waals surface area contributed by atoms with Crippen molar-refractivity contribution in [3.63, 3.8) is 0 Å². The lowest BCUT2D eigenvalue weighted by Crippen LogP contribution is -2.35. The van der Waals surface area contributed by atoms with E-state index in [1.165, 1.54) is 0 Å². The predicted octanol–water partition coefficient (Wildman–Crippen LogP) is 1.43. The van der Waals surface area contributed by atoms with Crippen LogP contribution in [0.5, 0.6) is 0 Å². The Balaban J connectivity index is 1.91. The SMILES string of the molecule is NCCCc1ccc(S(=O)(=O)NCC2CCCCO2)cc1. The van der Waals surface area contributed by atoms with Crippen LogP contribution in [0.2, 0.25) is 0 Å². The van der Waals surface area contributed by atoms with Gasteiger partial charge in [0, 0.05) is 13.2 Å². The summed E-state index contributed by atoms with van der Waals surface area (Å²) in [4.78, 5) is 0.301. The summed E-state index contributed by atoms with van der Waals surface area (Å²) in [6.07, 6.45) is 4.86. The van der Waals surface area contributed by atoms with E-state index in [0.29, 0.717) is 18.0 Å². The maximum Gasteiger partial charge on any atom is 0.240 e. The number of ether oxygens (including phenoxy) is 1. The highest BCUT2D eigenvalue weighted by Gasteiger charge is 2.19. The second-order valence-corrected chi connectivity index (χ2v) is 7.14. The molecule has 1 atom stereocenters. The summed E-state index contributed by atoms with van der Waals surface area (Å²) in [6.45, 7) is 1.71. The highest BCUT2D eigenvalue weighted by molar-refractivity contribution is 7.89.